The van der Waals surface area contributed by atoms with E-state index in [-0.39, 0.29) is 5.91 Å². The number of aromatic nitrogens is 2. The molecule has 1 N–H and O–H groups in total. The lowest BCUT2D eigenvalue weighted by molar-refractivity contribution is 0.0383. The smallest absolute Gasteiger partial charge is 0.269 e. The third-order valence-electron chi connectivity index (χ3n) is 4.07. The highest BCUT2D eigenvalue weighted by molar-refractivity contribution is 5.93. The summed E-state index contributed by atoms with van der Waals surface area (Å²) in [5.41, 5.74) is 1.58. The SMILES string of the molecule is Cn1c(C(=O)NCCN2CCOCC2)cnc1-c1ccccc1. The van der Waals surface area contributed by atoms with Crippen molar-refractivity contribution in [2.45, 2.75) is 0 Å². The Morgan fingerprint density at radius 2 is 2.00 bits per heavy atom. The number of ether oxygens (including phenoxy) is 1. The van der Waals surface area contributed by atoms with Gasteiger partial charge in [-0.25, -0.2) is 4.98 Å². The predicted molar refractivity (Wildman–Crippen MR) is 88.2 cm³/mol. The van der Waals surface area contributed by atoms with E-state index in [1.165, 1.54) is 0 Å². The topological polar surface area (TPSA) is 59.4 Å². The molecule has 2 aromatic rings. The first-order valence-electron chi connectivity index (χ1n) is 7.91. The highest BCUT2D eigenvalue weighted by atomic mass is 16.5. The summed E-state index contributed by atoms with van der Waals surface area (Å²) in [7, 11) is 1.87. The molecule has 0 radical (unpaired) electrons. The van der Waals surface area contributed by atoms with Crippen LogP contribution >= 0.6 is 0 Å². The summed E-state index contributed by atoms with van der Waals surface area (Å²) < 4.78 is 7.15. The van der Waals surface area contributed by atoms with Crippen molar-refractivity contribution in [3.05, 3.63) is 42.2 Å². The van der Waals surface area contributed by atoms with Crippen molar-refractivity contribution < 1.29 is 9.53 Å². The van der Waals surface area contributed by atoms with Crippen molar-refractivity contribution >= 4 is 5.91 Å². The lowest BCUT2D eigenvalue weighted by Crippen LogP contribution is -2.41. The molecule has 1 aliphatic heterocycles. The van der Waals surface area contributed by atoms with E-state index in [0.717, 1.165) is 44.2 Å². The maximum atomic E-state index is 12.3. The minimum Gasteiger partial charge on any atom is -0.379 e. The Bertz CT molecular complexity index is 648. The van der Waals surface area contributed by atoms with Crippen LogP contribution in [0.1, 0.15) is 10.5 Å². The van der Waals surface area contributed by atoms with Crippen LogP contribution in [-0.4, -0.2) is 59.8 Å². The maximum absolute atomic E-state index is 12.3. The molecule has 1 aromatic carbocycles. The van der Waals surface area contributed by atoms with Crippen LogP contribution in [0, 0.1) is 0 Å². The highest BCUT2D eigenvalue weighted by Gasteiger charge is 2.15. The van der Waals surface area contributed by atoms with Gasteiger partial charge < -0.3 is 14.6 Å². The Morgan fingerprint density at radius 1 is 1.26 bits per heavy atom. The molecule has 1 fully saturated rings. The Balaban J connectivity index is 1.58. The molecule has 6 nitrogen and oxygen atoms in total. The summed E-state index contributed by atoms with van der Waals surface area (Å²) >= 11 is 0. The standard InChI is InChI=1S/C17H22N4O2/c1-20-15(13-19-16(20)14-5-3-2-4-6-14)17(22)18-7-8-21-9-11-23-12-10-21/h2-6,13H,7-12H2,1H3,(H,18,22). The zero-order valence-corrected chi connectivity index (χ0v) is 13.4. The molecular formula is C17H22N4O2. The summed E-state index contributed by atoms with van der Waals surface area (Å²) in [6.07, 6.45) is 1.63. The Kier molecular flexibility index (Phi) is 5.05. The predicted octanol–water partition coefficient (Wildman–Crippen LogP) is 1.15. The van der Waals surface area contributed by atoms with Crippen molar-refractivity contribution in [3.8, 4) is 11.4 Å². The monoisotopic (exact) mass is 314 g/mol. The van der Waals surface area contributed by atoms with Gasteiger partial charge in [0.1, 0.15) is 11.5 Å². The molecule has 0 spiro atoms. The van der Waals surface area contributed by atoms with Crippen molar-refractivity contribution in [2.75, 3.05) is 39.4 Å². The van der Waals surface area contributed by atoms with E-state index in [9.17, 15) is 4.79 Å². The average Bonchev–Trinajstić information content (AvgIpc) is 2.98. The summed E-state index contributed by atoms with van der Waals surface area (Å²) in [6.45, 7) is 4.88. The molecule has 1 amide bonds. The summed E-state index contributed by atoms with van der Waals surface area (Å²) in [6, 6.07) is 9.87. The molecule has 0 unspecified atom stereocenters. The number of carbonyl (C=O) groups excluding carboxylic acids is 1. The quantitative estimate of drug-likeness (QED) is 0.899. The van der Waals surface area contributed by atoms with Gasteiger partial charge >= 0.3 is 0 Å². The van der Waals surface area contributed by atoms with Crippen molar-refractivity contribution in [2.24, 2.45) is 7.05 Å². The van der Waals surface area contributed by atoms with Crippen molar-refractivity contribution in [3.63, 3.8) is 0 Å². The van der Waals surface area contributed by atoms with E-state index in [2.05, 4.69) is 15.2 Å². The van der Waals surface area contributed by atoms with Crippen LogP contribution in [-0.2, 0) is 11.8 Å². The number of hydrogen-bond donors (Lipinski definition) is 1. The lowest BCUT2D eigenvalue weighted by Gasteiger charge is -2.26. The lowest BCUT2D eigenvalue weighted by atomic mass is 10.2. The van der Waals surface area contributed by atoms with E-state index >= 15 is 0 Å². The van der Waals surface area contributed by atoms with Crippen molar-refractivity contribution in [1.82, 2.24) is 19.8 Å². The number of amides is 1. The number of carbonyl (C=O) groups is 1. The molecule has 0 aliphatic carbocycles. The third-order valence-corrected chi connectivity index (χ3v) is 4.07. The van der Waals surface area contributed by atoms with Crippen LogP contribution < -0.4 is 5.32 Å². The fraction of sp³-hybridized carbons (Fsp3) is 0.412. The zero-order chi connectivity index (χ0) is 16.1. The van der Waals surface area contributed by atoms with E-state index in [1.54, 1.807) is 6.20 Å². The number of nitrogens with zero attached hydrogens (tertiary/aromatic N) is 3. The van der Waals surface area contributed by atoms with E-state index in [4.69, 9.17) is 4.74 Å². The molecule has 6 heteroatoms. The third kappa shape index (κ3) is 3.78. The molecule has 1 saturated heterocycles. The zero-order valence-electron chi connectivity index (χ0n) is 13.4. The van der Waals surface area contributed by atoms with Crippen LogP contribution in [0.15, 0.2) is 36.5 Å². The van der Waals surface area contributed by atoms with Crippen LogP contribution in [0.4, 0.5) is 0 Å². The minimum absolute atomic E-state index is 0.0876. The Morgan fingerprint density at radius 3 is 2.74 bits per heavy atom. The first-order chi connectivity index (χ1) is 11.3. The van der Waals surface area contributed by atoms with Crippen LogP contribution in [0.5, 0.6) is 0 Å². The Labute approximate surface area is 136 Å². The molecule has 122 valence electrons. The van der Waals surface area contributed by atoms with E-state index in [1.807, 2.05) is 41.9 Å². The molecule has 0 bridgehead atoms. The van der Waals surface area contributed by atoms with Crippen LogP contribution in [0.25, 0.3) is 11.4 Å². The number of nitrogens with one attached hydrogen (secondary N) is 1. The average molecular weight is 314 g/mol. The molecular weight excluding hydrogens is 292 g/mol. The molecule has 0 atom stereocenters. The molecule has 2 heterocycles. The number of imidazole rings is 1. The first kappa shape index (κ1) is 15.7. The van der Waals surface area contributed by atoms with E-state index < -0.39 is 0 Å². The summed E-state index contributed by atoms with van der Waals surface area (Å²) in [5, 5.41) is 2.97. The van der Waals surface area contributed by atoms with Gasteiger partial charge in [-0.15, -0.1) is 0 Å². The van der Waals surface area contributed by atoms with Gasteiger partial charge in [0.25, 0.3) is 5.91 Å². The van der Waals surface area contributed by atoms with Crippen molar-refractivity contribution in [1.29, 1.82) is 0 Å². The molecule has 23 heavy (non-hydrogen) atoms. The maximum Gasteiger partial charge on any atom is 0.269 e. The summed E-state index contributed by atoms with van der Waals surface area (Å²) in [5.74, 6) is 0.708. The second-order valence-electron chi connectivity index (χ2n) is 5.60. The number of hydrogen-bond acceptors (Lipinski definition) is 4. The molecule has 1 aliphatic rings. The van der Waals surface area contributed by atoms with Gasteiger partial charge in [0.2, 0.25) is 0 Å². The highest BCUT2D eigenvalue weighted by Crippen LogP contribution is 2.17. The second kappa shape index (κ2) is 7.39. The van der Waals surface area contributed by atoms with E-state index in [0.29, 0.717) is 12.2 Å². The van der Waals surface area contributed by atoms with Crippen LogP contribution in [0.3, 0.4) is 0 Å². The van der Waals surface area contributed by atoms with Gasteiger partial charge in [0, 0.05) is 38.8 Å². The number of morpholine rings is 1. The van der Waals surface area contributed by atoms with Crippen LogP contribution in [0.2, 0.25) is 0 Å². The van der Waals surface area contributed by atoms with Gasteiger partial charge in [-0.2, -0.15) is 0 Å². The molecule has 0 saturated carbocycles. The van der Waals surface area contributed by atoms with Gasteiger partial charge in [-0.1, -0.05) is 30.3 Å². The van der Waals surface area contributed by atoms with Gasteiger partial charge in [-0.05, 0) is 0 Å². The summed E-state index contributed by atoms with van der Waals surface area (Å²) in [4.78, 5) is 19.0. The second-order valence-corrected chi connectivity index (χ2v) is 5.60. The fourth-order valence-corrected chi connectivity index (χ4v) is 2.72. The van der Waals surface area contributed by atoms with Gasteiger partial charge in [0.05, 0.1) is 19.4 Å². The minimum atomic E-state index is -0.0876. The van der Waals surface area contributed by atoms with Gasteiger partial charge in [0.15, 0.2) is 0 Å². The molecule has 3 rings (SSSR count). The first-order valence-corrected chi connectivity index (χ1v) is 7.91. The Hall–Kier alpha value is -2.18. The fourth-order valence-electron chi connectivity index (χ4n) is 2.72. The normalized spacial score (nSPS) is 15.5. The van der Waals surface area contributed by atoms with Gasteiger partial charge in [-0.3, -0.25) is 9.69 Å². The number of rotatable bonds is 5. The largest absolute Gasteiger partial charge is 0.379 e. The molecule has 1 aromatic heterocycles. The number of benzene rings is 1.